The maximum absolute atomic E-state index is 13.1. The molecule has 1 heterocycles. The predicted octanol–water partition coefficient (Wildman–Crippen LogP) is 4.65. The van der Waals surface area contributed by atoms with E-state index in [1.54, 1.807) is 29.4 Å². The fourth-order valence-electron chi connectivity index (χ4n) is 3.19. The number of nitrogens with one attached hydrogen (secondary N) is 1. The molecular formula is C24H25FN4O2. The summed E-state index contributed by atoms with van der Waals surface area (Å²) in [6, 6.07) is 16.8. The van der Waals surface area contributed by atoms with Gasteiger partial charge in [0.25, 0.3) is 5.91 Å². The topological polar surface area (TPSA) is 88.3 Å². The zero-order valence-corrected chi connectivity index (χ0v) is 17.1. The van der Waals surface area contributed by atoms with Crippen LogP contribution in [0.5, 0.6) is 0 Å². The van der Waals surface area contributed by atoms with Gasteiger partial charge in [-0.15, -0.1) is 0 Å². The number of nitrogens with two attached hydrogens (primary N) is 1. The number of hydrogen-bond acceptors (Lipinski definition) is 4. The second-order valence-corrected chi connectivity index (χ2v) is 7.12. The average Bonchev–Trinajstić information content (AvgIpc) is 2.79. The number of carbonyl (C=O) groups is 2. The minimum atomic E-state index is -0.445. The Hall–Kier alpha value is -3.74. The number of anilines is 3. The highest BCUT2D eigenvalue weighted by Crippen LogP contribution is 2.20. The second-order valence-electron chi connectivity index (χ2n) is 7.12. The number of unbranched alkanes of at least 4 members (excludes halogenated alkanes) is 2. The maximum atomic E-state index is 13.1. The van der Waals surface area contributed by atoms with Crippen LogP contribution in [0.3, 0.4) is 0 Å². The first-order chi connectivity index (χ1) is 15.0. The van der Waals surface area contributed by atoms with Crippen LogP contribution in [0, 0.1) is 5.82 Å². The van der Waals surface area contributed by atoms with Crippen molar-refractivity contribution in [2.75, 3.05) is 22.5 Å². The Kier molecular flexibility index (Phi) is 7.70. The third-order valence-corrected chi connectivity index (χ3v) is 4.79. The molecule has 3 aromatic rings. The Labute approximate surface area is 180 Å². The molecule has 3 rings (SSSR count). The molecule has 0 atom stereocenters. The number of halogens is 1. The highest BCUT2D eigenvalue weighted by molar-refractivity contribution is 6.05. The van der Waals surface area contributed by atoms with Gasteiger partial charge in [0.1, 0.15) is 5.82 Å². The standard InChI is InChI=1S/C24H25FN4O2/c25-19-12-13-22(21(26)16-19)28-23(30)11-5-2-6-15-29(20-9-3-1-4-10-20)24(31)18-8-7-14-27-17-18/h1,3-4,7-10,12-14,16-17H,2,5-6,11,15,26H2,(H,28,30). The van der Waals surface area contributed by atoms with Crippen LogP contribution in [-0.4, -0.2) is 23.3 Å². The summed E-state index contributed by atoms with van der Waals surface area (Å²) in [5.74, 6) is -0.729. The van der Waals surface area contributed by atoms with Gasteiger partial charge in [-0.25, -0.2) is 4.39 Å². The first kappa shape index (κ1) is 22.0. The van der Waals surface area contributed by atoms with Crippen molar-refractivity contribution in [2.45, 2.75) is 25.7 Å². The molecule has 0 spiro atoms. The van der Waals surface area contributed by atoms with Gasteiger partial charge >= 0.3 is 0 Å². The number of carbonyl (C=O) groups excluding carboxylic acids is 2. The molecule has 7 heteroatoms. The molecular weight excluding hydrogens is 395 g/mol. The first-order valence-corrected chi connectivity index (χ1v) is 10.2. The zero-order chi connectivity index (χ0) is 22.1. The lowest BCUT2D eigenvalue weighted by molar-refractivity contribution is -0.116. The molecule has 2 aromatic carbocycles. The largest absolute Gasteiger partial charge is 0.397 e. The van der Waals surface area contributed by atoms with Gasteiger partial charge in [0.15, 0.2) is 0 Å². The van der Waals surface area contributed by atoms with Crippen molar-refractivity contribution in [3.05, 3.63) is 84.4 Å². The molecule has 6 nitrogen and oxygen atoms in total. The molecule has 160 valence electrons. The van der Waals surface area contributed by atoms with E-state index in [9.17, 15) is 14.0 Å². The first-order valence-electron chi connectivity index (χ1n) is 10.2. The Bertz CT molecular complexity index is 1010. The van der Waals surface area contributed by atoms with Gasteiger partial charge in [0.2, 0.25) is 5.91 Å². The number of para-hydroxylation sites is 1. The normalized spacial score (nSPS) is 10.5. The van der Waals surface area contributed by atoms with Gasteiger partial charge < -0.3 is 16.0 Å². The summed E-state index contributed by atoms with van der Waals surface area (Å²) < 4.78 is 13.1. The molecule has 0 bridgehead atoms. The summed E-state index contributed by atoms with van der Waals surface area (Å²) in [6.07, 6.45) is 5.69. The monoisotopic (exact) mass is 420 g/mol. The molecule has 31 heavy (non-hydrogen) atoms. The number of nitrogens with zero attached hydrogens (tertiary/aromatic N) is 2. The predicted molar refractivity (Wildman–Crippen MR) is 120 cm³/mol. The highest BCUT2D eigenvalue weighted by atomic mass is 19.1. The van der Waals surface area contributed by atoms with Crippen LogP contribution in [0.15, 0.2) is 73.1 Å². The number of hydrogen-bond donors (Lipinski definition) is 2. The third kappa shape index (κ3) is 6.37. The minimum absolute atomic E-state index is 0.108. The van der Waals surface area contributed by atoms with E-state index in [2.05, 4.69) is 10.3 Å². The summed E-state index contributed by atoms with van der Waals surface area (Å²) in [6.45, 7) is 0.532. The van der Waals surface area contributed by atoms with E-state index < -0.39 is 5.82 Å². The molecule has 2 amide bonds. The van der Waals surface area contributed by atoms with Crippen molar-refractivity contribution in [3.63, 3.8) is 0 Å². The molecule has 0 saturated heterocycles. The fraction of sp³-hybridized carbons (Fsp3) is 0.208. The van der Waals surface area contributed by atoms with Crippen molar-refractivity contribution >= 4 is 28.9 Å². The van der Waals surface area contributed by atoms with Crippen LogP contribution in [0.4, 0.5) is 21.5 Å². The van der Waals surface area contributed by atoms with E-state index >= 15 is 0 Å². The average molecular weight is 420 g/mol. The molecule has 1 aromatic heterocycles. The summed E-state index contributed by atoms with van der Waals surface area (Å²) in [5.41, 5.74) is 7.67. The number of aromatic nitrogens is 1. The van der Waals surface area contributed by atoms with E-state index in [1.165, 1.54) is 18.2 Å². The van der Waals surface area contributed by atoms with Gasteiger partial charge in [0, 0.05) is 31.0 Å². The fourth-order valence-corrected chi connectivity index (χ4v) is 3.19. The van der Waals surface area contributed by atoms with Gasteiger partial charge in [-0.2, -0.15) is 0 Å². The van der Waals surface area contributed by atoms with Crippen LogP contribution in [0.25, 0.3) is 0 Å². The lowest BCUT2D eigenvalue weighted by Crippen LogP contribution is -2.32. The quantitative estimate of drug-likeness (QED) is 0.390. The van der Waals surface area contributed by atoms with Crippen molar-refractivity contribution in [1.29, 1.82) is 0 Å². The van der Waals surface area contributed by atoms with E-state index in [0.717, 1.165) is 18.5 Å². The Morgan fingerprint density at radius 1 is 1.00 bits per heavy atom. The number of benzene rings is 2. The van der Waals surface area contributed by atoms with Gasteiger partial charge in [0.05, 0.1) is 16.9 Å². The molecule has 0 radical (unpaired) electrons. The number of pyridine rings is 1. The Morgan fingerprint density at radius 3 is 2.52 bits per heavy atom. The molecule has 0 fully saturated rings. The summed E-state index contributed by atoms with van der Waals surface area (Å²) in [4.78, 5) is 30.9. The SMILES string of the molecule is Nc1cc(F)ccc1NC(=O)CCCCCN(C(=O)c1cccnc1)c1ccccc1. The molecule has 0 aliphatic heterocycles. The van der Waals surface area contributed by atoms with Crippen molar-refractivity contribution in [3.8, 4) is 0 Å². The molecule has 0 aliphatic carbocycles. The molecule has 0 aliphatic rings. The minimum Gasteiger partial charge on any atom is -0.397 e. The lowest BCUT2D eigenvalue weighted by Gasteiger charge is -2.23. The van der Waals surface area contributed by atoms with Crippen molar-refractivity contribution < 1.29 is 14.0 Å². The smallest absolute Gasteiger partial charge is 0.259 e. The van der Waals surface area contributed by atoms with Crippen LogP contribution in [0.1, 0.15) is 36.0 Å². The van der Waals surface area contributed by atoms with Crippen LogP contribution in [-0.2, 0) is 4.79 Å². The van der Waals surface area contributed by atoms with Gasteiger partial charge in [-0.3, -0.25) is 14.6 Å². The molecule has 0 unspecified atom stereocenters. The summed E-state index contributed by atoms with van der Waals surface area (Å²) in [5, 5.41) is 2.70. The van der Waals surface area contributed by atoms with Crippen LogP contribution >= 0.6 is 0 Å². The summed E-state index contributed by atoms with van der Waals surface area (Å²) >= 11 is 0. The van der Waals surface area contributed by atoms with Gasteiger partial charge in [-0.1, -0.05) is 24.6 Å². The van der Waals surface area contributed by atoms with Gasteiger partial charge in [-0.05, 0) is 55.3 Å². The van der Waals surface area contributed by atoms with E-state index in [1.807, 2.05) is 30.3 Å². The van der Waals surface area contributed by atoms with E-state index in [4.69, 9.17) is 5.73 Å². The Morgan fingerprint density at radius 2 is 1.81 bits per heavy atom. The lowest BCUT2D eigenvalue weighted by atomic mass is 10.1. The number of amides is 2. The van der Waals surface area contributed by atoms with Crippen LogP contribution in [0.2, 0.25) is 0 Å². The zero-order valence-electron chi connectivity index (χ0n) is 17.1. The molecule has 3 N–H and O–H groups in total. The third-order valence-electron chi connectivity index (χ3n) is 4.79. The van der Waals surface area contributed by atoms with E-state index in [-0.39, 0.29) is 17.5 Å². The maximum Gasteiger partial charge on any atom is 0.259 e. The van der Waals surface area contributed by atoms with E-state index in [0.29, 0.717) is 30.6 Å². The van der Waals surface area contributed by atoms with Crippen LogP contribution < -0.4 is 16.0 Å². The number of rotatable bonds is 9. The Balaban J connectivity index is 1.50. The van der Waals surface area contributed by atoms with Crippen molar-refractivity contribution in [1.82, 2.24) is 4.98 Å². The second kappa shape index (κ2) is 10.9. The molecule has 0 saturated carbocycles. The summed E-state index contributed by atoms with van der Waals surface area (Å²) in [7, 11) is 0. The highest BCUT2D eigenvalue weighted by Gasteiger charge is 2.17. The number of nitrogen functional groups attached to an aromatic ring is 1. The van der Waals surface area contributed by atoms with Crippen molar-refractivity contribution in [2.24, 2.45) is 0 Å².